The number of benzene rings is 2. The molecule has 1 fully saturated rings. The Kier molecular flexibility index (Phi) is 6.30. The number of carbonyl (C=O) groups is 1. The van der Waals surface area contributed by atoms with Crippen LogP contribution in [0.5, 0.6) is 0 Å². The molecule has 0 radical (unpaired) electrons. The highest BCUT2D eigenvalue weighted by Gasteiger charge is 2.22. The molecule has 1 N–H and O–H groups in total. The zero-order chi connectivity index (χ0) is 18.5. The number of hydrogen-bond donors (Lipinski definition) is 1. The summed E-state index contributed by atoms with van der Waals surface area (Å²) in [6, 6.07) is 15.3. The Balaban J connectivity index is 1.66. The van der Waals surface area contributed by atoms with Gasteiger partial charge in [0.25, 0.3) is 5.91 Å². The molecule has 1 saturated heterocycles. The number of halogens is 1. The van der Waals surface area contributed by atoms with Gasteiger partial charge in [0.2, 0.25) is 0 Å². The lowest BCUT2D eigenvalue weighted by Gasteiger charge is -2.35. The largest absolute Gasteiger partial charge is 0.373 e. The summed E-state index contributed by atoms with van der Waals surface area (Å²) in [6.07, 6.45) is 0.483. The number of carbonyl (C=O) groups excluding carboxylic acids is 1. The van der Waals surface area contributed by atoms with Gasteiger partial charge in [-0.2, -0.15) is 0 Å². The van der Waals surface area contributed by atoms with Crippen LogP contribution >= 0.6 is 11.6 Å². The first kappa shape index (κ1) is 18.9. The lowest BCUT2D eigenvalue weighted by molar-refractivity contribution is -0.0705. The first-order valence-electron chi connectivity index (χ1n) is 9.00. The van der Waals surface area contributed by atoms with Gasteiger partial charge in [0.1, 0.15) is 0 Å². The molecule has 1 amide bonds. The maximum Gasteiger partial charge on any atom is 0.253 e. The normalized spacial score (nSPS) is 20.7. The molecule has 0 unspecified atom stereocenters. The molecule has 1 aliphatic heterocycles. The van der Waals surface area contributed by atoms with Crippen molar-refractivity contribution in [2.24, 2.45) is 0 Å². The summed E-state index contributed by atoms with van der Waals surface area (Å²) in [5, 5.41) is 3.45. The molecular weight excluding hydrogens is 348 g/mol. The van der Waals surface area contributed by atoms with Gasteiger partial charge in [0, 0.05) is 26.2 Å². The Morgan fingerprint density at radius 1 is 1.08 bits per heavy atom. The monoisotopic (exact) mass is 372 g/mol. The Labute approximate surface area is 160 Å². The smallest absolute Gasteiger partial charge is 0.253 e. The van der Waals surface area contributed by atoms with Crippen molar-refractivity contribution in [3.8, 4) is 0 Å². The minimum Gasteiger partial charge on any atom is -0.373 e. The van der Waals surface area contributed by atoms with Crippen molar-refractivity contribution in [2.45, 2.75) is 39.1 Å². The Bertz CT molecular complexity index is 755. The maximum absolute atomic E-state index is 12.4. The van der Waals surface area contributed by atoms with Crippen LogP contribution < -0.4 is 5.32 Å². The fourth-order valence-electron chi connectivity index (χ4n) is 3.45. The summed E-state index contributed by atoms with van der Waals surface area (Å²) in [5.41, 5.74) is 2.86. The third-order valence-corrected chi connectivity index (χ3v) is 4.90. The molecule has 2 atom stereocenters. The van der Waals surface area contributed by atoms with Crippen molar-refractivity contribution in [2.75, 3.05) is 13.1 Å². The Morgan fingerprint density at radius 3 is 2.38 bits per heavy atom. The van der Waals surface area contributed by atoms with Crippen LogP contribution in [-0.4, -0.2) is 36.1 Å². The Hall–Kier alpha value is -1.88. The molecular formula is C21H25ClN2O2. The van der Waals surface area contributed by atoms with E-state index in [2.05, 4.69) is 36.2 Å². The van der Waals surface area contributed by atoms with E-state index >= 15 is 0 Å². The summed E-state index contributed by atoms with van der Waals surface area (Å²) in [5.74, 6) is -0.154. The van der Waals surface area contributed by atoms with E-state index in [9.17, 15) is 4.79 Å². The molecule has 1 heterocycles. The predicted molar refractivity (Wildman–Crippen MR) is 104 cm³/mol. The van der Waals surface area contributed by atoms with Crippen LogP contribution in [0.25, 0.3) is 0 Å². The summed E-state index contributed by atoms with van der Waals surface area (Å²) in [4.78, 5) is 14.8. The lowest BCUT2D eigenvalue weighted by Crippen LogP contribution is -2.45. The molecule has 0 aliphatic carbocycles. The highest BCUT2D eigenvalue weighted by Crippen LogP contribution is 2.18. The highest BCUT2D eigenvalue weighted by atomic mass is 35.5. The second-order valence-electron chi connectivity index (χ2n) is 6.88. The van der Waals surface area contributed by atoms with E-state index in [0.29, 0.717) is 17.1 Å². The van der Waals surface area contributed by atoms with Crippen LogP contribution in [-0.2, 0) is 17.8 Å². The van der Waals surface area contributed by atoms with E-state index in [1.807, 2.05) is 24.3 Å². The number of hydrogen-bond acceptors (Lipinski definition) is 3. The molecule has 138 valence electrons. The van der Waals surface area contributed by atoms with Crippen LogP contribution in [0.1, 0.15) is 35.3 Å². The van der Waals surface area contributed by atoms with Crippen LogP contribution in [0.2, 0.25) is 5.02 Å². The van der Waals surface area contributed by atoms with Crippen LogP contribution in [0.3, 0.4) is 0 Å². The van der Waals surface area contributed by atoms with Crippen molar-refractivity contribution >= 4 is 17.5 Å². The third-order valence-electron chi connectivity index (χ3n) is 4.57. The zero-order valence-corrected chi connectivity index (χ0v) is 16.0. The summed E-state index contributed by atoms with van der Waals surface area (Å²) in [7, 11) is 0. The van der Waals surface area contributed by atoms with Gasteiger partial charge in [0.15, 0.2) is 0 Å². The van der Waals surface area contributed by atoms with Gasteiger partial charge in [-0.15, -0.1) is 0 Å². The fourth-order valence-corrected chi connectivity index (χ4v) is 3.68. The van der Waals surface area contributed by atoms with Crippen LogP contribution in [0.15, 0.2) is 48.5 Å². The van der Waals surface area contributed by atoms with E-state index in [4.69, 9.17) is 16.3 Å². The van der Waals surface area contributed by atoms with Crippen molar-refractivity contribution in [3.05, 3.63) is 70.2 Å². The van der Waals surface area contributed by atoms with E-state index in [1.165, 1.54) is 5.56 Å². The van der Waals surface area contributed by atoms with Crippen molar-refractivity contribution < 1.29 is 9.53 Å². The van der Waals surface area contributed by atoms with Gasteiger partial charge in [-0.05, 0) is 37.1 Å². The first-order valence-corrected chi connectivity index (χ1v) is 9.38. The quantitative estimate of drug-likeness (QED) is 0.866. The second-order valence-corrected chi connectivity index (χ2v) is 7.29. The SMILES string of the molecule is C[C@H]1CN(Cc2ccccc2CNC(=O)c2ccccc2Cl)C[C@H](C)O1. The minimum atomic E-state index is -0.154. The van der Waals surface area contributed by atoms with Gasteiger partial charge < -0.3 is 10.1 Å². The molecule has 2 aromatic rings. The molecule has 0 aromatic heterocycles. The number of nitrogens with zero attached hydrogens (tertiary/aromatic N) is 1. The van der Waals surface area contributed by atoms with Crippen molar-refractivity contribution in [1.29, 1.82) is 0 Å². The molecule has 4 nitrogen and oxygen atoms in total. The summed E-state index contributed by atoms with van der Waals surface area (Å²) < 4.78 is 5.81. The molecule has 0 saturated carbocycles. The minimum absolute atomic E-state index is 0.154. The van der Waals surface area contributed by atoms with Gasteiger partial charge >= 0.3 is 0 Å². The predicted octanol–water partition coefficient (Wildman–Crippen LogP) is 3.88. The lowest BCUT2D eigenvalue weighted by atomic mass is 10.1. The average molecular weight is 373 g/mol. The van der Waals surface area contributed by atoms with E-state index in [1.54, 1.807) is 12.1 Å². The number of ether oxygens (including phenoxy) is 1. The molecule has 26 heavy (non-hydrogen) atoms. The van der Waals surface area contributed by atoms with Crippen LogP contribution in [0, 0.1) is 0 Å². The van der Waals surface area contributed by atoms with Gasteiger partial charge in [-0.25, -0.2) is 0 Å². The van der Waals surface area contributed by atoms with Crippen molar-refractivity contribution in [1.82, 2.24) is 10.2 Å². The third kappa shape index (κ3) is 4.85. The van der Waals surface area contributed by atoms with E-state index < -0.39 is 0 Å². The molecule has 3 rings (SSSR count). The number of rotatable bonds is 5. The molecule has 2 aromatic carbocycles. The maximum atomic E-state index is 12.4. The average Bonchev–Trinajstić information content (AvgIpc) is 2.60. The van der Waals surface area contributed by atoms with E-state index in [0.717, 1.165) is 25.2 Å². The van der Waals surface area contributed by atoms with Gasteiger partial charge in [0.05, 0.1) is 22.8 Å². The van der Waals surface area contributed by atoms with Crippen molar-refractivity contribution in [3.63, 3.8) is 0 Å². The van der Waals surface area contributed by atoms with Gasteiger partial charge in [-0.3, -0.25) is 9.69 Å². The Morgan fingerprint density at radius 2 is 1.69 bits per heavy atom. The number of morpholine rings is 1. The van der Waals surface area contributed by atoms with E-state index in [-0.39, 0.29) is 18.1 Å². The zero-order valence-electron chi connectivity index (χ0n) is 15.2. The second kappa shape index (κ2) is 8.67. The first-order chi connectivity index (χ1) is 12.5. The highest BCUT2D eigenvalue weighted by molar-refractivity contribution is 6.33. The number of amides is 1. The summed E-state index contributed by atoms with van der Waals surface area (Å²) in [6.45, 7) is 7.40. The van der Waals surface area contributed by atoms with Crippen LogP contribution in [0.4, 0.5) is 0 Å². The molecule has 0 bridgehead atoms. The molecule has 5 heteroatoms. The standard InChI is InChI=1S/C21H25ClN2O2/c1-15-12-24(13-16(2)26-15)14-18-8-4-3-7-17(18)11-23-21(25)19-9-5-6-10-20(19)22/h3-10,15-16H,11-14H2,1-2H3,(H,23,25)/t15-,16-/m0/s1. The van der Waals surface area contributed by atoms with Gasteiger partial charge in [-0.1, -0.05) is 48.0 Å². The summed E-state index contributed by atoms with van der Waals surface area (Å²) >= 11 is 6.11. The topological polar surface area (TPSA) is 41.6 Å². The molecule has 1 aliphatic rings. The number of nitrogens with one attached hydrogen (secondary N) is 1. The molecule has 0 spiro atoms. The fraction of sp³-hybridized carbons (Fsp3) is 0.381.